The lowest BCUT2D eigenvalue weighted by Gasteiger charge is -2.07. The molecular weight excluding hydrogens is 472 g/mol. The fraction of sp³-hybridized carbons (Fsp3) is 0. The van der Waals surface area contributed by atoms with Crippen LogP contribution in [0.5, 0.6) is 0 Å². The van der Waals surface area contributed by atoms with Crippen LogP contribution in [-0.4, -0.2) is 19.7 Å². The predicted octanol–water partition coefficient (Wildman–Crippen LogP) is 8.48. The van der Waals surface area contributed by atoms with E-state index < -0.39 is 0 Å². The van der Waals surface area contributed by atoms with Crippen molar-refractivity contribution in [3.8, 4) is 50.0 Å². The van der Waals surface area contributed by atoms with Crippen LogP contribution in [0.4, 0.5) is 0 Å². The second kappa shape index (κ2) is 9.04. The first kappa shape index (κ1) is 21.5. The Bertz CT molecular complexity index is 1810. The number of rotatable bonds is 5. The zero-order valence-electron chi connectivity index (χ0n) is 19.9. The molecule has 0 aliphatic rings. The van der Waals surface area contributed by atoms with Crippen molar-refractivity contribution in [2.45, 2.75) is 0 Å². The van der Waals surface area contributed by atoms with Gasteiger partial charge in [0, 0.05) is 33.8 Å². The molecule has 0 radical (unpaired) electrons. The van der Waals surface area contributed by atoms with Gasteiger partial charge in [-0.2, -0.15) is 5.10 Å². The molecule has 0 unspecified atom stereocenters. The largest absolute Gasteiger partial charge is 0.361 e. The normalized spacial score (nSPS) is 11.2. The Hall–Kier alpha value is -4.74. The van der Waals surface area contributed by atoms with E-state index in [2.05, 4.69) is 89.2 Å². The third-order valence-electron chi connectivity index (χ3n) is 6.59. The van der Waals surface area contributed by atoms with Crippen molar-refractivity contribution in [2.24, 2.45) is 0 Å². The molecule has 4 nitrogen and oxygen atoms in total. The first-order chi connectivity index (χ1) is 18.3. The van der Waals surface area contributed by atoms with Crippen molar-refractivity contribution >= 4 is 22.2 Å². The third kappa shape index (κ3) is 4.05. The molecule has 0 aliphatic heterocycles. The predicted molar refractivity (Wildman–Crippen MR) is 153 cm³/mol. The molecule has 0 bridgehead atoms. The first-order valence-electron chi connectivity index (χ1n) is 12.2. The van der Waals surface area contributed by atoms with Gasteiger partial charge in [-0.15, -0.1) is 11.3 Å². The lowest BCUT2D eigenvalue weighted by Crippen LogP contribution is -1.99. The number of nitrogens with one attached hydrogen (secondary N) is 1. The molecule has 0 fully saturated rings. The fourth-order valence-electron chi connectivity index (χ4n) is 4.65. The molecule has 3 aromatic heterocycles. The maximum absolute atomic E-state index is 5.00. The van der Waals surface area contributed by atoms with Crippen molar-refractivity contribution in [3.05, 3.63) is 127 Å². The van der Waals surface area contributed by atoms with Crippen LogP contribution in [0, 0.1) is 0 Å². The molecule has 7 aromatic rings. The summed E-state index contributed by atoms with van der Waals surface area (Å²) in [5, 5.41) is 9.16. The Morgan fingerprint density at radius 3 is 2.03 bits per heavy atom. The van der Waals surface area contributed by atoms with Gasteiger partial charge in [0.25, 0.3) is 0 Å². The van der Waals surface area contributed by atoms with E-state index in [1.165, 1.54) is 16.5 Å². The number of aromatic amines is 1. The van der Waals surface area contributed by atoms with Crippen molar-refractivity contribution in [1.29, 1.82) is 0 Å². The van der Waals surface area contributed by atoms with Gasteiger partial charge in [0.1, 0.15) is 0 Å². The molecule has 37 heavy (non-hydrogen) atoms. The topological polar surface area (TPSA) is 46.5 Å². The highest BCUT2D eigenvalue weighted by Crippen LogP contribution is 2.33. The standard InChI is InChI=1S/C32H22N4S/c1-3-7-23(8-4-1)29-20-31(36(35-29)32-34-30(21-37-32)24-9-5-2-6-10-24)25-13-11-22(12-14-25)26-15-16-28-27(19-26)17-18-33-28/h1-21,33H. The van der Waals surface area contributed by atoms with Crippen LogP contribution in [0.3, 0.4) is 0 Å². The van der Waals surface area contributed by atoms with E-state index >= 15 is 0 Å². The monoisotopic (exact) mass is 494 g/mol. The zero-order valence-corrected chi connectivity index (χ0v) is 20.7. The summed E-state index contributed by atoms with van der Waals surface area (Å²) in [7, 11) is 0. The summed E-state index contributed by atoms with van der Waals surface area (Å²) >= 11 is 1.60. The molecule has 0 amide bonds. The number of fused-ring (bicyclic) bond motifs is 1. The molecule has 5 heteroatoms. The van der Waals surface area contributed by atoms with Crippen LogP contribution in [0.25, 0.3) is 60.9 Å². The smallest absolute Gasteiger partial charge is 0.211 e. The lowest BCUT2D eigenvalue weighted by atomic mass is 10.0. The Labute approximate surface area is 218 Å². The van der Waals surface area contributed by atoms with E-state index in [0.717, 1.165) is 44.4 Å². The van der Waals surface area contributed by atoms with E-state index in [9.17, 15) is 0 Å². The number of thiazole rings is 1. The summed E-state index contributed by atoms with van der Waals surface area (Å²) in [5.41, 5.74) is 9.71. The third-order valence-corrected chi connectivity index (χ3v) is 7.41. The minimum absolute atomic E-state index is 0.845. The van der Waals surface area contributed by atoms with Crippen molar-refractivity contribution < 1.29 is 0 Å². The molecule has 0 saturated heterocycles. The quantitative estimate of drug-likeness (QED) is 0.261. The van der Waals surface area contributed by atoms with Gasteiger partial charge in [-0.3, -0.25) is 0 Å². The highest BCUT2D eigenvalue weighted by atomic mass is 32.1. The van der Waals surface area contributed by atoms with E-state index in [4.69, 9.17) is 10.1 Å². The maximum Gasteiger partial charge on any atom is 0.211 e. The van der Waals surface area contributed by atoms with Crippen LogP contribution in [0.1, 0.15) is 0 Å². The van der Waals surface area contributed by atoms with E-state index in [1.807, 2.05) is 47.3 Å². The molecule has 0 aliphatic carbocycles. The second-order valence-corrected chi connectivity index (χ2v) is 9.77. The zero-order chi connectivity index (χ0) is 24.6. The summed E-state index contributed by atoms with van der Waals surface area (Å²) in [5.74, 6) is 0. The number of hydrogen-bond acceptors (Lipinski definition) is 3. The molecule has 3 heterocycles. The SMILES string of the molecule is c1ccc(-c2csc(-n3nc(-c4ccccc4)cc3-c3ccc(-c4ccc5[nH]ccc5c4)cc3)n2)cc1. The van der Waals surface area contributed by atoms with Gasteiger partial charge < -0.3 is 4.98 Å². The van der Waals surface area contributed by atoms with Crippen LogP contribution in [0.2, 0.25) is 0 Å². The summed E-state index contributed by atoms with van der Waals surface area (Å²) in [4.78, 5) is 8.21. The molecule has 0 saturated carbocycles. The van der Waals surface area contributed by atoms with E-state index in [1.54, 1.807) is 11.3 Å². The summed E-state index contributed by atoms with van der Waals surface area (Å²) < 4.78 is 1.97. The average Bonchev–Trinajstić information content (AvgIpc) is 3.73. The number of aromatic nitrogens is 4. The van der Waals surface area contributed by atoms with Crippen LogP contribution in [-0.2, 0) is 0 Å². The minimum atomic E-state index is 0.845. The van der Waals surface area contributed by atoms with Crippen LogP contribution < -0.4 is 0 Å². The van der Waals surface area contributed by atoms with Crippen molar-refractivity contribution in [2.75, 3.05) is 0 Å². The van der Waals surface area contributed by atoms with Gasteiger partial charge in [-0.1, -0.05) is 91.0 Å². The molecule has 7 rings (SSSR count). The molecule has 0 atom stereocenters. The summed E-state index contributed by atoms with van der Waals surface area (Å²) in [6.45, 7) is 0. The van der Waals surface area contributed by atoms with Gasteiger partial charge in [0.15, 0.2) is 0 Å². The molecule has 0 spiro atoms. The van der Waals surface area contributed by atoms with Crippen molar-refractivity contribution in [1.82, 2.24) is 19.7 Å². The molecule has 176 valence electrons. The van der Waals surface area contributed by atoms with E-state index in [-0.39, 0.29) is 0 Å². The Morgan fingerprint density at radius 1 is 0.595 bits per heavy atom. The maximum atomic E-state index is 5.00. The molecule has 1 N–H and O–H groups in total. The Morgan fingerprint density at radius 2 is 1.27 bits per heavy atom. The molecular formula is C32H22N4S. The van der Waals surface area contributed by atoms with Gasteiger partial charge in [-0.05, 0) is 40.8 Å². The molecule has 4 aromatic carbocycles. The highest BCUT2D eigenvalue weighted by molar-refractivity contribution is 7.12. The number of hydrogen-bond donors (Lipinski definition) is 1. The number of benzene rings is 4. The first-order valence-corrected chi connectivity index (χ1v) is 13.0. The Kier molecular flexibility index (Phi) is 5.26. The second-order valence-electron chi connectivity index (χ2n) is 8.93. The van der Waals surface area contributed by atoms with Crippen LogP contribution >= 0.6 is 11.3 Å². The Balaban J connectivity index is 1.30. The van der Waals surface area contributed by atoms with Crippen molar-refractivity contribution in [3.63, 3.8) is 0 Å². The average molecular weight is 495 g/mol. The van der Waals surface area contributed by atoms with Gasteiger partial charge in [0.05, 0.1) is 17.1 Å². The number of nitrogens with zero attached hydrogens (tertiary/aromatic N) is 3. The van der Waals surface area contributed by atoms with Crippen LogP contribution in [0.15, 0.2) is 127 Å². The lowest BCUT2D eigenvalue weighted by molar-refractivity contribution is 0.881. The summed E-state index contributed by atoms with van der Waals surface area (Å²) in [6.07, 6.45) is 1.98. The van der Waals surface area contributed by atoms with Gasteiger partial charge in [0.2, 0.25) is 5.13 Å². The van der Waals surface area contributed by atoms with Gasteiger partial charge >= 0.3 is 0 Å². The minimum Gasteiger partial charge on any atom is -0.361 e. The van der Waals surface area contributed by atoms with Gasteiger partial charge in [-0.25, -0.2) is 9.67 Å². The number of H-pyrrole nitrogens is 1. The fourth-order valence-corrected chi connectivity index (χ4v) is 5.45. The summed E-state index contributed by atoms with van der Waals surface area (Å²) in [6, 6.07) is 40.0. The highest BCUT2D eigenvalue weighted by Gasteiger charge is 2.16. The van der Waals surface area contributed by atoms with E-state index in [0.29, 0.717) is 0 Å².